The summed E-state index contributed by atoms with van der Waals surface area (Å²) in [7, 11) is 1.62. The van der Waals surface area contributed by atoms with Crippen molar-refractivity contribution in [1.82, 2.24) is 14.2 Å². The second-order valence-electron chi connectivity index (χ2n) is 4.50. The summed E-state index contributed by atoms with van der Waals surface area (Å²) >= 11 is 0. The van der Waals surface area contributed by atoms with Crippen molar-refractivity contribution in [3.63, 3.8) is 0 Å². The standard InChI is InChI=1S/C14H12FN3O2/c1-17-5-6-18-13(14(17)20)11(8-19)12(16-18)9-3-2-4-10(15)7-9/h2-7,19H,8H2,1H3. The van der Waals surface area contributed by atoms with Gasteiger partial charge >= 0.3 is 0 Å². The van der Waals surface area contributed by atoms with Gasteiger partial charge in [-0.1, -0.05) is 12.1 Å². The monoisotopic (exact) mass is 273 g/mol. The van der Waals surface area contributed by atoms with E-state index in [0.29, 0.717) is 22.3 Å². The molecule has 0 amide bonds. The van der Waals surface area contributed by atoms with Crippen molar-refractivity contribution >= 4 is 5.52 Å². The largest absolute Gasteiger partial charge is 0.392 e. The first-order valence-electron chi connectivity index (χ1n) is 6.05. The first-order valence-corrected chi connectivity index (χ1v) is 6.05. The van der Waals surface area contributed by atoms with E-state index in [0.717, 1.165) is 0 Å². The van der Waals surface area contributed by atoms with E-state index < -0.39 is 5.82 Å². The molecule has 0 bridgehead atoms. The Hall–Kier alpha value is -2.47. The lowest BCUT2D eigenvalue weighted by atomic mass is 10.1. The third kappa shape index (κ3) is 1.81. The highest BCUT2D eigenvalue weighted by Crippen LogP contribution is 2.25. The van der Waals surface area contributed by atoms with Crippen molar-refractivity contribution < 1.29 is 9.50 Å². The summed E-state index contributed by atoms with van der Waals surface area (Å²) in [5, 5.41) is 13.8. The van der Waals surface area contributed by atoms with Gasteiger partial charge < -0.3 is 9.67 Å². The Balaban J connectivity index is 2.37. The minimum Gasteiger partial charge on any atom is -0.392 e. The molecule has 3 rings (SSSR count). The van der Waals surface area contributed by atoms with Gasteiger partial charge in [0.25, 0.3) is 5.56 Å². The average molecular weight is 273 g/mol. The van der Waals surface area contributed by atoms with Crippen LogP contribution < -0.4 is 5.56 Å². The topological polar surface area (TPSA) is 59.5 Å². The predicted molar refractivity (Wildman–Crippen MR) is 71.7 cm³/mol. The minimum absolute atomic E-state index is 0.258. The minimum atomic E-state index is -0.392. The summed E-state index contributed by atoms with van der Waals surface area (Å²) in [6.45, 7) is -0.339. The lowest BCUT2D eigenvalue weighted by molar-refractivity contribution is 0.283. The number of aliphatic hydroxyl groups is 1. The number of halogens is 1. The molecule has 0 radical (unpaired) electrons. The van der Waals surface area contributed by atoms with Gasteiger partial charge in [0.05, 0.1) is 12.3 Å². The number of aryl methyl sites for hydroxylation is 1. The maximum atomic E-state index is 13.3. The molecule has 20 heavy (non-hydrogen) atoms. The fourth-order valence-electron chi connectivity index (χ4n) is 2.22. The Morgan fingerprint density at radius 1 is 1.35 bits per heavy atom. The van der Waals surface area contributed by atoms with Crippen molar-refractivity contribution in [1.29, 1.82) is 0 Å². The Kier molecular flexibility index (Phi) is 2.87. The van der Waals surface area contributed by atoms with Crippen LogP contribution in [0.15, 0.2) is 41.5 Å². The Bertz CT molecular complexity index is 851. The molecule has 0 aliphatic rings. The molecule has 0 saturated carbocycles. The highest BCUT2D eigenvalue weighted by Gasteiger charge is 2.17. The van der Waals surface area contributed by atoms with E-state index in [-0.39, 0.29) is 12.2 Å². The molecule has 0 aliphatic heterocycles. The molecule has 0 fully saturated rings. The molecule has 0 unspecified atom stereocenters. The van der Waals surface area contributed by atoms with Gasteiger partial charge in [-0.15, -0.1) is 0 Å². The van der Waals surface area contributed by atoms with Gasteiger partial charge in [0.15, 0.2) is 0 Å². The van der Waals surface area contributed by atoms with Crippen LogP contribution in [0.3, 0.4) is 0 Å². The molecule has 2 aromatic heterocycles. The summed E-state index contributed by atoms with van der Waals surface area (Å²) < 4.78 is 16.1. The molecule has 3 aromatic rings. The number of benzene rings is 1. The molecule has 6 heteroatoms. The number of aromatic nitrogens is 3. The van der Waals surface area contributed by atoms with E-state index in [1.54, 1.807) is 31.6 Å². The number of rotatable bonds is 2. The highest BCUT2D eigenvalue weighted by atomic mass is 19.1. The smallest absolute Gasteiger partial charge is 0.276 e. The van der Waals surface area contributed by atoms with E-state index >= 15 is 0 Å². The summed E-state index contributed by atoms with van der Waals surface area (Å²) in [5.74, 6) is -0.392. The van der Waals surface area contributed by atoms with Gasteiger partial charge in [0.2, 0.25) is 0 Å². The molecular weight excluding hydrogens is 261 g/mol. The molecular formula is C14H12FN3O2. The maximum Gasteiger partial charge on any atom is 0.276 e. The zero-order chi connectivity index (χ0) is 14.3. The van der Waals surface area contributed by atoms with E-state index in [4.69, 9.17) is 0 Å². The molecule has 0 saturated heterocycles. The molecule has 0 atom stereocenters. The second-order valence-corrected chi connectivity index (χ2v) is 4.50. The lowest BCUT2D eigenvalue weighted by Crippen LogP contribution is -2.18. The van der Waals surface area contributed by atoms with E-state index in [2.05, 4.69) is 5.10 Å². The fraction of sp³-hybridized carbons (Fsp3) is 0.143. The Morgan fingerprint density at radius 3 is 2.85 bits per heavy atom. The molecule has 5 nitrogen and oxygen atoms in total. The van der Waals surface area contributed by atoms with Crippen LogP contribution in [0.5, 0.6) is 0 Å². The normalized spacial score (nSPS) is 11.2. The third-order valence-electron chi connectivity index (χ3n) is 3.22. The first kappa shape index (κ1) is 12.6. The third-order valence-corrected chi connectivity index (χ3v) is 3.22. The van der Waals surface area contributed by atoms with Gasteiger partial charge in [0.1, 0.15) is 11.3 Å². The van der Waals surface area contributed by atoms with Gasteiger partial charge in [-0.05, 0) is 12.1 Å². The molecule has 0 aliphatic carbocycles. The van der Waals surface area contributed by atoms with Crippen molar-refractivity contribution in [2.45, 2.75) is 6.61 Å². The van der Waals surface area contributed by atoms with Crippen LogP contribution in [0.25, 0.3) is 16.8 Å². The molecule has 2 heterocycles. The molecule has 1 aromatic carbocycles. The van der Waals surface area contributed by atoms with Crippen LogP contribution in [0.4, 0.5) is 4.39 Å². The Morgan fingerprint density at radius 2 is 2.15 bits per heavy atom. The zero-order valence-corrected chi connectivity index (χ0v) is 10.7. The van der Waals surface area contributed by atoms with E-state index in [1.807, 2.05) is 0 Å². The van der Waals surface area contributed by atoms with E-state index in [9.17, 15) is 14.3 Å². The van der Waals surface area contributed by atoms with Crippen molar-refractivity contribution in [3.8, 4) is 11.3 Å². The first-order chi connectivity index (χ1) is 9.61. The van der Waals surface area contributed by atoms with Crippen LogP contribution in [0, 0.1) is 5.82 Å². The summed E-state index contributed by atoms with van der Waals surface area (Å²) in [6, 6.07) is 5.91. The second kappa shape index (κ2) is 4.57. The predicted octanol–water partition coefficient (Wildman–Crippen LogP) is 1.33. The Labute approximate surface area is 113 Å². The number of aliphatic hydroxyl groups excluding tert-OH is 1. The highest BCUT2D eigenvalue weighted by molar-refractivity contribution is 5.72. The number of nitrogens with zero attached hydrogens (tertiary/aromatic N) is 3. The SMILES string of the molecule is Cn1ccn2nc(-c3cccc(F)c3)c(CO)c2c1=O. The van der Waals surface area contributed by atoms with Crippen LogP contribution in [0.1, 0.15) is 5.56 Å². The van der Waals surface area contributed by atoms with Gasteiger partial charge in [-0.25, -0.2) is 8.91 Å². The summed E-state index contributed by atoms with van der Waals surface area (Å²) in [4.78, 5) is 12.1. The number of hydrogen-bond donors (Lipinski definition) is 1. The van der Waals surface area contributed by atoms with Crippen LogP contribution in [0.2, 0.25) is 0 Å². The van der Waals surface area contributed by atoms with Crippen molar-refractivity contribution in [3.05, 3.63) is 58.4 Å². The van der Waals surface area contributed by atoms with Crippen LogP contribution in [-0.4, -0.2) is 19.3 Å². The van der Waals surface area contributed by atoms with Crippen molar-refractivity contribution in [2.24, 2.45) is 7.05 Å². The number of hydrogen-bond acceptors (Lipinski definition) is 3. The number of fused-ring (bicyclic) bond motifs is 1. The van der Waals surface area contributed by atoms with Gasteiger partial charge in [-0.3, -0.25) is 4.79 Å². The maximum absolute atomic E-state index is 13.3. The summed E-state index contributed by atoms with van der Waals surface area (Å²) in [5.41, 5.74) is 1.38. The lowest BCUT2D eigenvalue weighted by Gasteiger charge is -2.00. The summed E-state index contributed by atoms with van der Waals surface area (Å²) in [6.07, 6.45) is 3.21. The van der Waals surface area contributed by atoms with Crippen LogP contribution >= 0.6 is 0 Å². The van der Waals surface area contributed by atoms with Crippen LogP contribution in [-0.2, 0) is 13.7 Å². The average Bonchev–Trinajstić information content (AvgIpc) is 2.82. The quantitative estimate of drug-likeness (QED) is 0.766. The fourth-order valence-corrected chi connectivity index (χ4v) is 2.22. The van der Waals surface area contributed by atoms with Gasteiger partial charge in [0, 0.05) is 30.6 Å². The zero-order valence-electron chi connectivity index (χ0n) is 10.7. The van der Waals surface area contributed by atoms with E-state index in [1.165, 1.54) is 21.2 Å². The molecule has 102 valence electrons. The molecule has 0 spiro atoms. The van der Waals surface area contributed by atoms with Crippen molar-refractivity contribution in [2.75, 3.05) is 0 Å². The molecule has 1 N–H and O–H groups in total. The van der Waals surface area contributed by atoms with Gasteiger partial charge in [-0.2, -0.15) is 5.10 Å².